The molecule has 0 radical (unpaired) electrons. The Kier molecular flexibility index (Phi) is 6.84. The summed E-state index contributed by atoms with van der Waals surface area (Å²) in [6.07, 6.45) is 0. The summed E-state index contributed by atoms with van der Waals surface area (Å²) in [6, 6.07) is 60.6. The largest absolute Gasteiger partial charge is 0.228 e. The normalized spacial score (nSPS) is 12.9. The fourth-order valence-electron chi connectivity index (χ4n) is 7.65. The number of benzene rings is 7. The highest BCUT2D eigenvalue weighted by Gasteiger charge is 2.37. The lowest BCUT2D eigenvalue weighted by Gasteiger charge is -2.22. The van der Waals surface area contributed by atoms with E-state index in [4.69, 9.17) is 9.97 Å². The van der Waals surface area contributed by atoms with Crippen LogP contribution in [0.15, 0.2) is 170 Å². The van der Waals surface area contributed by atoms with Crippen molar-refractivity contribution in [3.05, 3.63) is 181 Å². The second-order valence-electron chi connectivity index (χ2n) is 13.4. The minimum atomic E-state index is -0.122. The van der Waals surface area contributed by atoms with Crippen LogP contribution in [-0.2, 0) is 5.41 Å². The first kappa shape index (κ1) is 29.1. The third kappa shape index (κ3) is 4.88. The molecule has 0 amide bonds. The minimum Gasteiger partial charge on any atom is -0.228 e. The monoisotopic (exact) mass is 626 g/mol. The summed E-state index contributed by atoms with van der Waals surface area (Å²) in [5.41, 5.74) is 14.9. The molecule has 1 heterocycles. The van der Waals surface area contributed by atoms with Crippen molar-refractivity contribution >= 4 is 10.8 Å². The van der Waals surface area contributed by atoms with E-state index in [1.54, 1.807) is 0 Å². The Balaban J connectivity index is 1.28. The maximum absolute atomic E-state index is 5.28. The van der Waals surface area contributed by atoms with E-state index >= 15 is 0 Å². The van der Waals surface area contributed by atoms with Crippen LogP contribution < -0.4 is 0 Å². The van der Waals surface area contributed by atoms with E-state index in [1.165, 1.54) is 38.6 Å². The van der Waals surface area contributed by atoms with Crippen molar-refractivity contribution in [2.24, 2.45) is 0 Å². The lowest BCUT2D eigenvalue weighted by atomic mass is 9.81. The zero-order chi connectivity index (χ0) is 33.0. The van der Waals surface area contributed by atoms with Gasteiger partial charge in [0.15, 0.2) is 5.82 Å². The summed E-state index contributed by atoms with van der Waals surface area (Å²) in [5, 5.41) is 2.54. The van der Waals surface area contributed by atoms with Gasteiger partial charge in [-0.05, 0) is 73.5 Å². The van der Waals surface area contributed by atoms with Crippen LogP contribution in [0.4, 0.5) is 0 Å². The third-order valence-corrected chi connectivity index (χ3v) is 10.1. The molecule has 0 unspecified atom stereocenters. The molecule has 0 spiro atoms. The quantitative estimate of drug-likeness (QED) is 0.190. The van der Waals surface area contributed by atoms with Crippen LogP contribution in [0.2, 0.25) is 0 Å². The summed E-state index contributed by atoms with van der Waals surface area (Å²) in [7, 11) is 0. The highest BCUT2D eigenvalue weighted by atomic mass is 14.9. The highest BCUT2D eigenvalue weighted by Crippen LogP contribution is 2.54. The van der Waals surface area contributed by atoms with Crippen LogP contribution in [-0.4, -0.2) is 9.97 Å². The first-order valence-corrected chi connectivity index (χ1v) is 16.9. The number of hydrogen-bond acceptors (Lipinski definition) is 2. The SMILES string of the molecule is CC1(C)c2cc3ccccc3cc2-c2c(-c3ccccc3-c3cc(-c4ccccc4-c4ccccc4)nc(-c4ccccc4)n3)cccc21. The maximum Gasteiger partial charge on any atom is 0.160 e. The molecule has 2 heteroatoms. The van der Waals surface area contributed by atoms with Gasteiger partial charge in [0.25, 0.3) is 0 Å². The summed E-state index contributed by atoms with van der Waals surface area (Å²) in [4.78, 5) is 10.5. The van der Waals surface area contributed by atoms with Crippen molar-refractivity contribution in [2.45, 2.75) is 19.3 Å². The Labute approximate surface area is 287 Å². The first-order chi connectivity index (χ1) is 24.1. The zero-order valence-electron chi connectivity index (χ0n) is 27.6. The van der Waals surface area contributed by atoms with Crippen LogP contribution in [0.1, 0.15) is 25.0 Å². The number of aromatic nitrogens is 2. The van der Waals surface area contributed by atoms with Crippen LogP contribution in [0.3, 0.4) is 0 Å². The molecule has 0 fully saturated rings. The molecule has 0 saturated carbocycles. The molecule has 0 N–H and O–H groups in total. The summed E-state index contributed by atoms with van der Waals surface area (Å²) in [5.74, 6) is 0.710. The molecular weight excluding hydrogens is 593 g/mol. The molecule has 0 atom stereocenters. The maximum atomic E-state index is 5.28. The van der Waals surface area contributed by atoms with Crippen molar-refractivity contribution in [2.75, 3.05) is 0 Å². The van der Waals surface area contributed by atoms with E-state index in [0.29, 0.717) is 5.82 Å². The van der Waals surface area contributed by atoms with Crippen LogP contribution in [0, 0.1) is 0 Å². The van der Waals surface area contributed by atoms with E-state index < -0.39 is 0 Å². The van der Waals surface area contributed by atoms with Crippen molar-refractivity contribution < 1.29 is 0 Å². The van der Waals surface area contributed by atoms with Crippen molar-refractivity contribution in [1.82, 2.24) is 9.97 Å². The topological polar surface area (TPSA) is 25.8 Å². The van der Waals surface area contributed by atoms with Crippen LogP contribution >= 0.6 is 0 Å². The lowest BCUT2D eigenvalue weighted by Crippen LogP contribution is -2.14. The summed E-state index contributed by atoms with van der Waals surface area (Å²) >= 11 is 0. The first-order valence-electron chi connectivity index (χ1n) is 16.9. The number of rotatable bonds is 5. The van der Waals surface area contributed by atoms with Gasteiger partial charge < -0.3 is 0 Å². The van der Waals surface area contributed by atoms with Crippen LogP contribution in [0.5, 0.6) is 0 Å². The second-order valence-corrected chi connectivity index (χ2v) is 13.4. The molecular formula is C47H34N2. The highest BCUT2D eigenvalue weighted by molar-refractivity contribution is 6.01. The Morgan fingerprint density at radius 2 is 0.878 bits per heavy atom. The summed E-state index contributed by atoms with van der Waals surface area (Å²) < 4.78 is 0. The van der Waals surface area contributed by atoms with Gasteiger partial charge in [-0.2, -0.15) is 0 Å². The molecule has 2 nitrogen and oxygen atoms in total. The Bertz CT molecular complexity index is 2510. The average Bonchev–Trinajstić information content (AvgIpc) is 3.39. The van der Waals surface area contributed by atoms with Gasteiger partial charge in [-0.3, -0.25) is 0 Å². The Morgan fingerprint density at radius 3 is 1.55 bits per heavy atom. The fourth-order valence-corrected chi connectivity index (χ4v) is 7.65. The van der Waals surface area contributed by atoms with Crippen LogP contribution in [0.25, 0.3) is 78.1 Å². The van der Waals surface area contributed by atoms with E-state index in [0.717, 1.165) is 44.8 Å². The molecule has 1 aliphatic carbocycles. The van der Waals surface area contributed by atoms with Gasteiger partial charge in [-0.1, -0.05) is 166 Å². The number of hydrogen-bond donors (Lipinski definition) is 0. The third-order valence-electron chi connectivity index (χ3n) is 10.1. The smallest absolute Gasteiger partial charge is 0.160 e. The Hall–Kier alpha value is -6.12. The van der Waals surface area contributed by atoms with Gasteiger partial charge in [-0.15, -0.1) is 0 Å². The zero-order valence-corrected chi connectivity index (χ0v) is 27.6. The molecule has 7 aromatic carbocycles. The molecule has 0 aliphatic heterocycles. The molecule has 0 bridgehead atoms. The molecule has 0 saturated heterocycles. The minimum absolute atomic E-state index is 0.122. The molecule has 232 valence electrons. The van der Waals surface area contributed by atoms with E-state index in [-0.39, 0.29) is 5.41 Å². The molecule has 49 heavy (non-hydrogen) atoms. The predicted octanol–water partition coefficient (Wildman–Crippen LogP) is 12.3. The van der Waals surface area contributed by atoms with Gasteiger partial charge in [0.2, 0.25) is 0 Å². The lowest BCUT2D eigenvalue weighted by molar-refractivity contribution is 0.661. The second kappa shape index (κ2) is 11.5. The Morgan fingerprint density at radius 1 is 0.367 bits per heavy atom. The molecule has 1 aliphatic rings. The predicted molar refractivity (Wildman–Crippen MR) is 204 cm³/mol. The van der Waals surface area contributed by atoms with Crippen molar-refractivity contribution in [3.8, 4) is 67.3 Å². The average molecular weight is 627 g/mol. The van der Waals surface area contributed by atoms with E-state index in [1.807, 2.05) is 18.2 Å². The molecule has 1 aromatic heterocycles. The van der Waals surface area contributed by atoms with Gasteiger partial charge in [0, 0.05) is 22.1 Å². The van der Waals surface area contributed by atoms with Crippen molar-refractivity contribution in [1.29, 1.82) is 0 Å². The van der Waals surface area contributed by atoms with Gasteiger partial charge in [0.05, 0.1) is 11.4 Å². The fraction of sp³-hybridized carbons (Fsp3) is 0.0638. The van der Waals surface area contributed by atoms with Gasteiger partial charge >= 0.3 is 0 Å². The molecule has 9 rings (SSSR count). The van der Waals surface area contributed by atoms with Crippen molar-refractivity contribution in [3.63, 3.8) is 0 Å². The number of nitrogens with zero attached hydrogens (tertiary/aromatic N) is 2. The van der Waals surface area contributed by atoms with E-state index in [2.05, 4.69) is 166 Å². The summed E-state index contributed by atoms with van der Waals surface area (Å²) in [6.45, 7) is 4.71. The number of fused-ring (bicyclic) bond motifs is 4. The van der Waals surface area contributed by atoms with Gasteiger partial charge in [-0.25, -0.2) is 9.97 Å². The standard InChI is InChI=1S/C47H34N2/c1-47(2)41-27-15-26-39(45(41)40-28-33-20-9-10-21-34(33)29-42(40)47)36-23-12-14-25-38(36)44-30-43(48-46(49-44)32-18-7-4-8-19-32)37-24-13-11-22-35(37)31-16-5-3-6-17-31/h3-30H,1-2H3. The van der Waals surface area contributed by atoms with E-state index in [9.17, 15) is 0 Å². The molecule has 8 aromatic rings. The van der Waals surface area contributed by atoms with Gasteiger partial charge in [0.1, 0.15) is 0 Å².